The summed E-state index contributed by atoms with van der Waals surface area (Å²) in [5.74, 6) is 0.0383. The number of alkyl halides is 3. The molecule has 1 atom stereocenters. The summed E-state index contributed by atoms with van der Waals surface area (Å²) < 4.78 is 40.1. The molecule has 1 aliphatic heterocycles. The van der Waals surface area contributed by atoms with Gasteiger partial charge in [-0.25, -0.2) is 4.98 Å². The largest absolute Gasteiger partial charge is 0.416 e. The number of halogens is 4. The van der Waals surface area contributed by atoms with E-state index in [1.807, 2.05) is 38.1 Å². The molecule has 2 heterocycles. The average molecular weight is 483 g/mol. The Morgan fingerprint density at radius 2 is 1.91 bits per heavy atom. The first-order valence-electron chi connectivity index (χ1n) is 11.0. The zero-order valence-electron chi connectivity index (χ0n) is 19.4. The number of pyridine rings is 1. The van der Waals surface area contributed by atoms with Crippen LogP contribution in [0, 0.1) is 13.8 Å². The molecule has 2 aromatic rings. The van der Waals surface area contributed by atoms with Crippen LogP contribution in [0.5, 0.6) is 0 Å². The molecular weight excluding hydrogens is 453 g/mol. The van der Waals surface area contributed by atoms with Crippen molar-refractivity contribution >= 4 is 29.0 Å². The van der Waals surface area contributed by atoms with E-state index < -0.39 is 17.8 Å². The van der Waals surface area contributed by atoms with E-state index in [9.17, 15) is 18.0 Å². The molecule has 0 radical (unpaired) electrons. The Kier molecular flexibility index (Phi) is 7.90. The summed E-state index contributed by atoms with van der Waals surface area (Å²) in [5, 5.41) is 0.566. The van der Waals surface area contributed by atoms with Crippen molar-refractivity contribution in [3.8, 4) is 0 Å². The number of rotatable bonds is 7. The second kappa shape index (κ2) is 10.3. The third-order valence-electron chi connectivity index (χ3n) is 5.82. The van der Waals surface area contributed by atoms with Gasteiger partial charge in [-0.1, -0.05) is 17.7 Å². The lowest BCUT2D eigenvalue weighted by atomic mass is 10.1. The van der Waals surface area contributed by atoms with Gasteiger partial charge in [0.2, 0.25) is 5.91 Å². The molecule has 1 saturated heterocycles. The summed E-state index contributed by atoms with van der Waals surface area (Å²) in [6.07, 6.45) is -2.47. The molecule has 180 valence electrons. The van der Waals surface area contributed by atoms with E-state index in [2.05, 4.69) is 4.98 Å². The van der Waals surface area contributed by atoms with Gasteiger partial charge in [0.25, 0.3) is 0 Å². The molecule has 33 heavy (non-hydrogen) atoms. The summed E-state index contributed by atoms with van der Waals surface area (Å²) in [6, 6.07) is 6.99. The Morgan fingerprint density at radius 3 is 2.55 bits per heavy atom. The van der Waals surface area contributed by atoms with Crippen molar-refractivity contribution < 1.29 is 18.0 Å². The first kappa shape index (κ1) is 25.3. The van der Waals surface area contributed by atoms with Crippen LogP contribution < -0.4 is 9.80 Å². The fraction of sp³-hybridized carbons (Fsp3) is 0.500. The minimum atomic E-state index is -4.47. The number of aromatic nitrogens is 1. The number of hydrogen-bond donors (Lipinski definition) is 0. The molecule has 1 aromatic heterocycles. The van der Waals surface area contributed by atoms with Crippen molar-refractivity contribution in [2.24, 2.45) is 0 Å². The second-order valence-corrected chi connectivity index (χ2v) is 9.19. The van der Waals surface area contributed by atoms with Crippen molar-refractivity contribution in [2.75, 3.05) is 43.5 Å². The molecule has 0 unspecified atom stereocenters. The second-order valence-electron chi connectivity index (χ2n) is 8.78. The highest BCUT2D eigenvalue weighted by Gasteiger charge is 2.37. The Bertz CT molecular complexity index is 996. The molecule has 1 aliphatic rings. The SMILES string of the molecule is Cc1cc(C(F)(F)F)cc(N2CCC[C@H]2C(=O)N(CCCN(C)C)c2ccc(C)c(Cl)c2)n1. The summed E-state index contributed by atoms with van der Waals surface area (Å²) in [4.78, 5) is 23.5. The maximum absolute atomic E-state index is 13.7. The van der Waals surface area contributed by atoms with Crippen LogP contribution in [-0.2, 0) is 11.0 Å². The Morgan fingerprint density at radius 1 is 1.18 bits per heavy atom. The number of nitrogens with zero attached hydrogens (tertiary/aromatic N) is 4. The molecule has 1 aromatic carbocycles. The molecule has 0 saturated carbocycles. The summed E-state index contributed by atoms with van der Waals surface area (Å²) >= 11 is 6.34. The highest BCUT2D eigenvalue weighted by molar-refractivity contribution is 6.31. The van der Waals surface area contributed by atoms with E-state index in [0.717, 1.165) is 30.7 Å². The summed E-state index contributed by atoms with van der Waals surface area (Å²) in [7, 11) is 3.94. The number of anilines is 2. The van der Waals surface area contributed by atoms with Gasteiger partial charge in [-0.15, -0.1) is 0 Å². The molecule has 5 nitrogen and oxygen atoms in total. The van der Waals surface area contributed by atoms with E-state index >= 15 is 0 Å². The minimum absolute atomic E-state index is 0.150. The van der Waals surface area contributed by atoms with Crippen LogP contribution in [0.25, 0.3) is 0 Å². The normalized spacial score (nSPS) is 16.5. The lowest BCUT2D eigenvalue weighted by Crippen LogP contribution is -2.47. The lowest BCUT2D eigenvalue weighted by molar-refractivity contribution is -0.137. The highest BCUT2D eigenvalue weighted by Crippen LogP contribution is 2.34. The Labute approximate surface area is 198 Å². The van der Waals surface area contributed by atoms with E-state index in [1.165, 1.54) is 6.92 Å². The maximum atomic E-state index is 13.7. The van der Waals surface area contributed by atoms with Gasteiger partial charge in [0.15, 0.2) is 0 Å². The molecule has 0 N–H and O–H groups in total. The third kappa shape index (κ3) is 6.18. The van der Waals surface area contributed by atoms with Crippen molar-refractivity contribution in [2.45, 2.75) is 45.3 Å². The van der Waals surface area contributed by atoms with Crippen molar-refractivity contribution in [3.63, 3.8) is 0 Å². The zero-order valence-corrected chi connectivity index (χ0v) is 20.2. The van der Waals surface area contributed by atoms with Crippen LogP contribution in [0.2, 0.25) is 5.02 Å². The molecule has 3 rings (SSSR count). The number of hydrogen-bond acceptors (Lipinski definition) is 4. The number of aryl methyl sites for hydroxylation is 2. The minimum Gasteiger partial charge on any atom is -0.345 e. The van der Waals surface area contributed by atoms with Crippen LogP contribution >= 0.6 is 11.6 Å². The summed E-state index contributed by atoms with van der Waals surface area (Å²) in [5.41, 5.74) is 1.11. The van der Waals surface area contributed by atoms with E-state index in [1.54, 1.807) is 15.9 Å². The first-order chi connectivity index (χ1) is 15.5. The molecule has 1 amide bonds. The highest BCUT2D eigenvalue weighted by atomic mass is 35.5. The smallest absolute Gasteiger partial charge is 0.345 e. The fourth-order valence-electron chi connectivity index (χ4n) is 4.10. The van der Waals surface area contributed by atoms with Gasteiger partial charge in [-0.3, -0.25) is 4.79 Å². The van der Waals surface area contributed by atoms with Crippen molar-refractivity contribution in [1.29, 1.82) is 0 Å². The van der Waals surface area contributed by atoms with Crippen molar-refractivity contribution in [1.82, 2.24) is 9.88 Å². The monoisotopic (exact) mass is 482 g/mol. The topological polar surface area (TPSA) is 39.7 Å². The van der Waals surface area contributed by atoms with Crippen LogP contribution in [0.4, 0.5) is 24.7 Å². The Balaban J connectivity index is 1.92. The molecule has 0 aliphatic carbocycles. The average Bonchev–Trinajstić information content (AvgIpc) is 3.22. The van der Waals surface area contributed by atoms with Gasteiger partial charge in [0, 0.05) is 29.5 Å². The number of carbonyl (C=O) groups is 1. The Hall–Kier alpha value is -2.32. The van der Waals surface area contributed by atoms with Gasteiger partial charge in [0.1, 0.15) is 11.9 Å². The predicted octanol–water partition coefficient (Wildman–Crippen LogP) is 5.32. The summed E-state index contributed by atoms with van der Waals surface area (Å²) in [6.45, 7) is 5.18. The predicted molar refractivity (Wildman–Crippen MR) is 126 cm³/mol. The zero-order chi connectivity index (χ0) is 24.3. The first-order valence-corrected chi connectivity index (χ1v) is 11.4. The lowest BCUT2D eigenvalue weighted by Gasteiger charge is -2.32. The van der Waals surface area contributed by atoms with E-state index in [-0.39, 0.29) is 17.4 Å². The van der Waals surface area contributed by atoms with Gasteiger partial charge in [0.05, 0.1) is 5.56 Å². The maximum Gasteiger partial charge on any atom is 0.416 e. The number of amides is 1. The van der Waals surface area contributed by atoms with Crippen LogP contribution in [0.1, 0.15) is 36.1 Å². The standard InChI is InChI=1S/C24H30ClF3N4O/c1-16-8-9-19(15-20(16)25)31(12-6-10-30(3)4)23(33)21-7-5-11-32(21)22-14-18(24(26,27)28)13-17(2)29-22/h8-9,13-15,21H,5-7,10-12H2,1-4H3/t21-/m0/s1. The van der Waals surface area contributed by atoms with Crippen LogP contribution in [-0.4, -0.2) is 55.6 Å². The molecule has 0 spiro atoms. The molecule has 0 bridgehead atoms. The van der Waals surface area contributed by atoms with E-state index in [4.69, 9.17) is 11.6 Å². The van der Waals surface area contributed by atoms with Gasteiger partial charge >= 0.3 is 6.18 Å². The van der Waals surface area contributed by atoms with E-state index in [0.29, 0.717) is 36.6 Å². The fourth-order valence-corrected chi connectivity index (χ4v) is 4.28. The molecular formula is C24H30ClF3N4O. The van der Waals surface area contributed by atoms with Crippen molar-refractivity contribution in [3.05, 3.63) is 52.2 Å². The van der Waals surface area contributed by atoms with Gasteiger partial charge < -0.3 is 14.7 Å². The van der Waals surface area contributed by atoms with Gasteiger partial charge in [-0.05, 0) is 83.6 Å². The van der Waals surface area contributed by atoms with Crippen LogP contribution in [0.15, 0.2) is 30.3 Å². The van der Waals surface area contributed by atoms with Gasteiger partial charge in [-0.2, -0.15) is 13.2 Å². The number of carbonyl (C=O) groups excluding carboxylic acids is 1. The third-order valence-corrected chi connectivity index (χ3v) is 6.23. The molecule has 1 fully saturated rings. The number of benzene rings is 1. The van der Waals surface area contributed by atoms with Crippen LogP contribution in [0.3, 0.4) is 0 Å². The molecule has 9 heteroatoms. The quantitative estimate of drug-likeness (QED) is 0.535.